The van der Waals surface area contributed by atoms with Crippen LogP contribution in [-0.2, 0) is 0 Å². The molecule has 2 heterocycles. The number of rotatable bonds is 2. The van der Waals surface area contributed by atoms with Gasteiger partial charge in [0.1, 0.15) is 16.8 Å². The van der Waals surface area contributed by atoms with Crippen LogP contribution in [0.5, 0.6) is 0 Å². The van der Waals surface area contributed by atoms with Gasteiger partial charge in [-0.3, -0.25) is 4.57 Å². The molecule has 0 saturated carbocycles. The fourth-order valence-corrected chi connectivity index (χ4v) is 2.81. The summed E-state index contributed by atoms with van der Waals surface area (Å²) in [6, 6.07) is 6.76. The van der Waals surface area contributed by atoms with E-state index in [1.807, 2.05) is 0 Å². The number of hydrogen-bond acceptors (Lipinski definition) is 3. The molecule has 24 heavy (non-hydrogen) atoms. The third-order valence-electron chi connectivity index (χ3n) is 3.39. The quantitative estimate of drug-likeness (QED) is 0.619. The van der Waals surface area contributed by atoms with Crippen molar-refractivity contribution in [3.05, 3.63) is 63.8 Å². The Balaban J connectivity index is 2.31. The molecular weight excluding hydrogens is 357 g/mol. The van der Waals surface area contributed by atoms with Crippen LogP contribution in [0, 0.1) is 29.9 Å². The molecule has 120 valence electrons. The molecule has 8 heteroatoms. The first-order valence-electron chi connectivity index (χ1n) is 6.68. The Morgan fingerprint density at radius 1 is 1.17 bits per heavy atom. The summed E-state index contributed by atoms with van der Waals surface area (Å²) in [5.74, 6) is -1.76. The van der Waals surface area contributed by atoms with Crippen molar-refractivity contribution < 1.29 is 8.78 Å². The second-order valence-corrected chi connectivity index (χ2v) is 5.64. The number of nitriles is 1. The maximum Gasteiger partial charge on any atom is 0.208 e. The lowest BCUT2D eigenvalue weighted by Gasteiger charge is -2.12. The summed E-state index contributed by atoms with van der Waals surface area (Å²) in [6.45, 7) is 1.58. The summed E-state index contributed by atoms with van der Waals surface area (Å²) >= 11 is 11.9. The minimum Gasteiger partial charge on any atom is -0.281 e. The molecule has 4 nitrogen and oxygen atoms in total. The van der Waals surface area contributed by atoms with Crippen LogP contribution < -0.4 is 0 Å². The number of pyridine rings is 1. The first-order chi connectivity index (χ1) is 11.4. The Morgan fingerprint density at radius 3 is 2.38 bits per heavy atom. The van der Waals surface area contributed by atoms with E-state index >= 15 is 0 Å². The molecule has 0 atom stereocenters. The van der Waals surface area contributed by atoms with Crippen molar-refractivity contribution in [3.63, 3.8) is 0 Å². The number of halogens is 4. The molecule has 0 radical (unpaired) electrons. The Morgan fingerprint density at radius 2 is 1.83 bits per heavy atom. The predicted octanol–water partition coefficient (Wildman–Crippen LogP) is 4.70. The van der Waals surface area contributed by atoms with Crippen LogP contribution in [0.1, 0.15) is 11.3 Å². The molecular formula is C16H8Cl2F2N4. The molecule has 3 aromatic rings. The molecule has 0 unspecified atom stereocenters. The fraction of sp³-hybridized carbons (Fsp3) is 0.0625. The third-order valence-corrected chi connectivity index (χ3v) is 3.87. The molecule has 0 saturated heterocycles. The van der Waals surface area contributed by atoms with Gasteiger partial charge >= 0.3 is 0 Å². The van der Waals surface area contributed by atoms with E-state index in [2.05, 4.69) is 9.97 Å². The van der Waals surface area contributed by atoms with Crippen molar-refractivity contribution in [1.29, 1.82) is 5.26 Å². The summed E-state index contributed by atoms with van der Waals surface area (Å²) in [6.07, 6.45) is 1.41. The van der Waals surface area contributed by atoms with Crippen LogP contribution in [0.4, 0.5) is 8.78 Å². The van der Waals surface area contributed by atoms with Gasteiger partial charge in [0.2, 0.25) is 5.28 Å². The highest BCUT2D eigenvalue weighted by molar-refractivity contribution is 6.29. The monoisotopic (exact) mass is 364 g/mol. The third kappa shape index (κ3) is 2.73. The van der Waals surface area contributed by atoms with E-state index in [4.69, 9.17) is 28.5 Å². The van der Waals surface area contributed by atoms with Gasteiger partial charge in [0.05, 0.1) is 40.5 Å². The number of aromatic nitrogens is 3. The molecule has 0 aliphatic heterocycles. The van der Waals surface area contributed by atoms with Crippen molar-refractivity contribution in [2.75, 3.05) is 0 Å². The topological polar surface area (TPSA) is 54.5 Å². The molecule has 1 aromatic carbocycles. The van der Waals surface area contributed by atoms with E-state index in [0.29, 0.717) is 11.4 Å². The largest absolute Gasteiger partial charge is 0.281 e. The van der Waals surface area contributed by atoms with Gasteiger partial charge in [0.25, 0.3) is 0 Å². The first-order valence-corrected chi connectivity index (χ1v) is 7.44. The smallest absolute Gasteiger partial charge is 0.208 e. The predicted molar refractivity (Wildman–Crippen MR) is 86.2 cm³/mol. The molecule has 0 fully saturated rings. The van der Waals surface area contributed by atoms with Gasteiger partial charge in [-0.2, -0.15) is 5.26 Å². The average molecular weight is 365 g/mol. The van der Waals surface area contributed by atoms with E-state index in [-0.39, 0.29) is 27.3 Å². The van der Waals surface area contributed by atoms with Crippen molar-refractivity contribution in [1.82, 2.24) is 14.5 Å². The van der Waals surface area contributed by atoms with Crippen LogP contribution in [0.2, 0.25) is 10.4 Å². The Bertz CT molecular complexity index is 952. The highest BCUT2D eigenvalue weighted by atomic mass is 35.5. The molecule has 0 aliphatic carbocycles. The van der Waals surface area contributed by atoms with Crippen LogP contribution >= 0.6 is 23.2 Å². The zero-order valence-corrected chi connectivity index (χ0v) is 13.7. The Kier molecular flexibility index (Phi) is 4.22. The van der Waals surface area contributed by atoms with Crippen molar-refractivity contribution in [3.8, 4) is 23.0 Å². The molecule has 3 rings (SSSR count). The lowest BCUT2D eigenvalue weighted by molar-refractivity contribution is 0.587. The normalized spacial score (nSPS) is 10.7. The molecule has 0 aliphatic rings. The number of nitrogens with zero attached hydrogens (tertiary/aromatic N) is 4. The Hall–Kier alpha value is -2.49. The second-order valence-electron chi connectivity index (χ2n) is 4.92. The molecule has 0 N–H and O–H groups in total. The van der Waals surface area contributed by atoms with Crippen LogP contribution in [0.15, 0.2) is 30.5 Å². The Labute approximate surface area is 145 Å². The van der Waals surface area contributed by atoms with E-state index < -0.39 is 11.6 Å². The SMILES string of the molecule is Cc1nc(Cl)n(-c2ccc(Cl)nc2)c1-c1c(F)cc(C#N)cc1F. The molecule has 0 amide bonds. The number of imidazole rings is 1. The van der Waals surface area contributed by atoms with Crippen LogP contribution in [0.25, 0.3) is 16.9 Å². The summed E-state index contributed by atoms with van der Waals surface area (Å²) in [7, 11) is 0. The number of hydrogen-bond donors (Lipinski definition) is 0. The highest BCUT2D eigenvalue weighted by Gasteiger charge is 2.23. The van der Waals surface area contributed by atoms with Gasteiger partial charge in [-0.05, 0) is 42.8 Å². The van der Waals surface area contributed by atoms with Crippen molar-refractivity contribution in [2.45, 2.75) is 6.92 Å². The van der Waals surface area contributed by atoms with Gasteiger partial charge in [-0.15, -0.1) is 0 Å². The van der Waals surface area contributed by atoms with Crippen LogP contribution in [-0.4, -0.2) is 14.5 Å². The average Bonchev–Trinajstić information content (AvgIpc) is 2.82. The number of benzene rings is 1. The van der Waals surface area contributed by atoms with Crippen LogP contribution in [0.3, 0.4) is 0 Å². The summed E-state index contributed by atoms with van der Waals surface area (Å²) < 4.78 is 30.2. The molecule has 0 spiro atoms. The van der Waals surface area contributed by atoms with Crippen molar-refractivity contribution >= 4 is 23.2 Å². The second kappa shape index (κ2) is 6.19. The summed E-state index contributed by atoms with van der Waals surface area (Å²) in [5.41, 5.74) is 0.488. The van der Waals surface area contributed by atoms with E-state index in [9.17, 15) is 8.78 Å². The maximum atomic E-state index is 14.4. The number of aryl methyl sites for hydroxylation is 1. The highest BCUT2D eigenvalue weighted by Crippen LogP contribution is 2.34. The first kappa shape index (κ1) is 16.4. The molecule has 2 aromatic heterocycles. The summed E-state index contributed by atoms with van der Waals surface area (Å²) in [4.78, 5) is 8.02. The maximum absolute atomic E-state index is 14.4. The lowest BCUT2D eigenvalue weighted by Crippen LogP contribution is -2.02. The minimum absolute atomic E-state index is 0.0229. The van der Waals surface area contributed by atoms with Gasteiger partial charge in [-0.1, -0.05) is 11.6 Å². The summed E-state index contributed by atoms with van der Waals surface area (Å²) in [5, 5.41) is 9.11. The lowest BCUT2D eigenvalue weighted by atomic mass is 10.1. The van der Waals surface area contributed by atoms with E-state index in [1.165, 1.54) is 16.8 Å². The minimum atomic E-state index is -0.880. The fourth-order valence-electron chi connectivity index (χ4n) is 2.39. The van der Waals surface area contributed by atoms with Crippen molar-refractivity contribution in [2.24, 2.45) is 0 Å². The van der Waals surface area contributed by atoms with Gasteiger partial charge < -0.3 is 0 Å². The molecule has 0 bridgehead atoms. The van der Waals surface area contributed by atoms with E-state index in [1.54, 1.807) is 19.1 Å². The zero-order valence-electron chi connectivity index (χ0n) is 12.2. The zero-order chi connectivity index (χ0) is 17.4. The van der Waals surface area contributed by atoms with E-state index in [0.717, 1.165) is 12.1 Å². The van der Waals surface area contributed by atoms with Gasteiger partial charge in [-0.25, -0.2) is 18.7 Å². The standard InChI is InChI=1S/C16H8Cl2F2N4/c1-8-15(14-11(19)4-9(6-21)5-12(14)20)24(16(18)23-8)10-2-3-13(17)22-7-10/h2-5,7H,1H3. The van der Waals surface area contributed by atoms with Gasteiger partial charge in [0.15, 0.2) is 0 Å². The van der Waals surface area contributed by atoms with Gasteiger partial charge in [0, 0.05) is 0 Å².